The predicted octanol–water partition coefficient (Wildman–Crippen LogP) is 21.3. The smallest absolute Gasteiger partial charge is 0.156 e. The molecule has 0 saturated carbocycles. The Labute approximate surface area is 759 Å². The minimum absolute atomic E-state index is 0.0356. The summed E-state index contributed by atoms with van der Waals surface area (Å²) >= 11 is 0. The van der Waals surface area contributed by atoms with Gasteiger partial charge in [0.2, 0.25) is 0 Å². The van der Waals surface area contributed by atoms with Gasteiger partial charge in [-0.1, -0.05) is 170 Å². The Morgan fingerprint density at radius 2 is 0.547 bits per heavy atom. The molecule has 694 valence electrons. The van der Waals surface area contributed by atoms with Crippen LogP contribution < -0.4 is 9.80 Å². The fourth-order valence-electron chi connectivity index (χ4n) is 14.6. The Morgan fingerprint density at radius 1 is 0.273 bits per heavy atom. The first kappa shape index (κ1) is 104. The van der Waals surface area contributed by atoms with E-state index in [1.54, 1.807) is 124 Å². The predicted molar refractivity (Wildman–Crippen MR) is 509 cm³/mol. The summed E-state index contributed by atoms with van der Waals surface area (Å²) in [4.78, 5) is 4.49. The number of benzene rings is 10. The number of halogens is 6. The van der Waals surface area contributed by atoms with Crippen molar-refractivity contribution in [3.63, 3.8) is 0 Å². The van der Waals surface area contributed by atoms with Gasteiger partial charge >= 0.3 is 0 Å². The van der Waals surface area contributed by atoms with Crippen molar-refractivity contribution in [1.82, 2.24) is 0 Å². The molecular formula is C103H128F6N2O12S5. The van der Waals surface area contributed by atoms with E-state index in [4.69, 9.17) is 9.47 Å². The van der Waals surface area contributed by atoms with Crippen molar-refractivity contribution in [3.05, 3.63) is 342 Å². The van der Waals surface area contributed by atoms with Gasteiger partial charge in [0, 0.05) is 49.6 Å². The van der Waals surface area contributed by atoms with Gasteiger partial charge in [0.05, 0.1) is 85.1 Å². The van der Waals surface area contributed by atoms with Crippen LogP contribution in [0.2, 0.25) is 0 Å². The molecular weight excluding hydrogens is 1730 g/mol. The minimum Gasteiger partial charge on any atom is -0.372 e. The SMILES string of the molecule is CC(C)S(=O)(=O)Cc1ccc(CCc2c(F)cc(F)cc2F)cc1.CC(C)S(=O)(=O)Cc1ccc(CCc2ccc(N3C[C@@H](C)O[C@@H](C)C3)c(F)c2)cc1.CC(C)S(=O)(=O)Cc1ccc(CCc2cccc(F)c2)cc1.CC(C)S(=O)(=O)Cc1ccc(CCc2ccccc2F)cc1.Cc1cc(CCc2ccc(CS(=O)(=O)C(C)C)cc2)ccc1N1C[C@@H](C)O[C@@H](C)C1. The maximum absolute atomic E-state index is 14.8. The van der Waals surface area contributed by atoms with E-state index in [0.717, 1.165) is 114 Å². The monoisotopic (exact) mass is 1860 g/mol. The van der Waals surface area contributed by atoms with Gasteiger partial charge in [-0.2, -0.15) is 0 Å². The van der Waals surface area contributed by atoms with E-state index in [-0.39, 0.29) is 104 Å². The highest BCUT2D eigenvalue weighted by atomic mass is 32.2. The quantitative estimate of drug-likeness (QED) is 0.0361. The van der Waals surface area contributed by atoms with Crippen molar-refractivity contribution < 1.29 is 77.9 Å². The second-order valence-corrected chi connectivity index (χ2v) is 47.9. The van der Waals surface area contributed by atoms with Crippen LogP contribution in [-0.2, 0) is 152 Å². The molecule has 0 amide bonds. The summed E-state index contributed by atoms with van der Waals surface area (Å²) in [5.41, 5.74) is 16.4. The fourth-order valence-corrected chi connectivity index (χ4v) is 19.5. The van der Waals surface area contributed by atoms with E-state index in [1.807, 2.05) is 123 Å². The maximum Gasteiger partial charge on any atom is 0.156 e. The van der Waals surface area contributed by atoms with Crippen LogP contribution in [0.15, 0.2) is 218 Å². The third-order valence-corrected chi connectivity index (χ3v) is 33.6. The summed E-state index contributed by atoms with van der Waals surface area (Å²) in [6, 6.07) is 64.7. The molecule has 2 aliphatic heterocycles. The number of ether oxygens (including phenoxy) is 2. The van der Waals surface area contributed by atoms with Crippen molar-refractivity contribution in [1.29, 1.82) is 0 Å². The highest BCUT2D eigenvalue weighted by Gasteiger charge is 2.28. The Bertz CT molecular complexity index is 5620. The van der Waals surface area contributed by atoms with Crippen molar-refractivity contribution >= 4 is 60.6 Å². The number of hydrogen-bond donors (Lipinski definition) is 0. The van der Waals surface area contributed by atoms with Crippen LogP contribution in [0.25, 0.3) is 0 Å². The standard InChI is InChI=1S/C25H35NO3S.C24H32FNO3S.C18H19F3O2S.2C18H21FO2S/c1-18(2)30(27,28)17-24-10-7-22(8-11-24)6-9-23-12-13-25(19(3)14-23)26-15-20(4)29-21(5)16-26;1-17(2)30(27,28)16-22-9-6-20(7-10-22)5-8-21-11-12-24(23(25)13-21)26-14-18(3)29-19(4)15-26;1-12(2)24(22,23)11-14-5-3-13(4-6-14)7-8-16-17(20)9-15(19)10-18(16)21;1-14(2)22(20,21)13-17-10-7-15(8-11-17)6-9-16-4-3-5-18(19)12-16;1-14(2)22(20,21)13-16-9-7-15(8-10-16)11-12-17-5-3-4-6-18(17)19/h7-8,10-14,18,20-21H,6,9,15-17H2,1-5H3;6-7,9-13,17-19H,5,8,14-16H2,1-4H3;3-6,9-10,12H,7-8,11H2,1-2H3;3-5,7-8,10-12,14H,6,9,13H2,1-2H3;3-10,14H,11-13H2,1-2H3/t20-,21+;18-,19+;;;. The average molecular weight is 1860 g/mol. The highest BCUT2D eigenvalue weighted by molar-refractivity contribution is 7.92. The molecule has 10 aromatic rings. The number of morpholine rings is 2. The molecule has 0 bridgehead atoms. The second-order valence-electron chi connectivity index (χ2n) is 35.2. The van der Waals surface area contributed by atoms with Gasteiger partial charge in [-0.05, 0) is 288 Å². The molecule has 12 rings (SSSR count). The topological polar surface area (TPSA) is 196 Å². The zero-order valence-corrected chi connectivity index (χ0v) is 80.6. The van der Waals surface area contributed by atoms with E-state index in [1.165, 1.54) is 34.5 Å². The van der Waals surface area contributed by atoms with E-state index in [0.29, 0.717) is 54.9 Å². The first-order chi connectivity index (χ1) is 60.2. The molecule has 25 heteroatoms. The highest BCUT2D eigenvalue weighted by Crippen LogP contribution is 2.30. The Morgan fingerprint density at radius 3 is 0.859 bits per heavy atom. The van der Waals surface area contributed by atoms with Gasteiger partial charge in [-0.15, -0.1) is 0 Å². The summed E-state index contributed by atoms with van der Waals surface area (Å²) in [5.74, 6) is -3.03. The maximum atomic E-state index is 14.8. The third-order valence-electron chi connectivity index (χ3n) is 22.7. The molecule has 2 saturated heterocycles. The van der Waals surface area contributed by atoms with Crippen LogP contribution in [0.1, 0.15) is 186 Å². The molecule has 14 nitrogen and oxygen atoms in total. The van der Waals surface area contributed by atoms with Crippen molar-refractivity contribution in [2.24, 2.45) is 0 Å². The van der Waals surface area contributed by atoms with E-state index < -0.39 is 71.9 Å². The lowest BCUT2D eigenvalue weighted by molar-refractivity contribution is -0.00560. The summed E-state index contributed by atoms with van der Waals surface area (Å²) in [6.45, 7) is 30.7. The molecule has 2 fully saturated rings. The normalized spacial score (nSPS) is 15.7. The summed E-state index contributed by atoms with van der Waals surface area (Å²) in [6.07, 6.45) is 7.53. The van der Waals surface area contributed by atoms with Crippen molar-refractivity contribution in [3.8, 4) is 0 Å². The Balaban J connectivity index is 0.000000199. The first-order valence-electron chi connectivity index (χ1n) is 44.0. The summed E-state index contributed by atoms with van der Waals surface area (Å²) < 4.78 is 213. The zero-order valence-electron chi connectivity index (χ0n) is 76.5. The average Bonchev–Trinajstić information content (AvgIpc) is 0.819. The molecule has 128 heavy (non-hydrogen) atoms. The van der Waals surface area contributed by atoms with Gasteiger partial charge < -0.3 is 19.3 Å². The van der Waals surface area contributed by atoms with Crippen LogP contribution in [0.4, 0.5) is 37.7 Å². The lowest BCUT2D eigenvalue weighted by Gasteiger charge is -2.37. The molecule has 0 N–H and O–H groups in total. The van der Waals surface area contributed by atoms with E-state index in [9.17, 15) is 68.4 Å². The van der Waals surface area contributed by atoms with Gasteiger partial charge in [-0.3, -0.25) is 0 Å². The molecule has 0 aliphatic carbocycles. The van der Waals surface area contributed by atoms with Crippen LogP contribution in [0.3, 0.4) is 0 Å². The van der Waals surface area contributed by atoms with Crippen molar-refractivity contribution in [2.45, 2.75) is 247 Å². The molecule has 4 atom stereocenters. The molecule has 0 aromatic heterocycles. The van der Waals surface area contributed by atoms with Gasteiger partial charge in [0.1, 0.15) is 34.9 Å². The van der Waals surface area contributed by atoms with Crippen LogP contribution in [0.5, 0.6) is 0 Å². The van der Waals surface area contributed by atoms with Crippen molar-refractivity contribution in [2.75, 3.05) is 36.0 Å². The molecule has 10 aromatic carbocycles. The van der Waals surface area contributed by atoms with E-state index >= 15 is 0 Å². The number of rotatable bonds is 32. The number of nitrogens with zero attached hydrogens (tertiary/aromatic N) is 2. The van der Waals surface area contributed by atoms with Gasteiger partial charge in [-0.25, -0.2) is 68.4 Å². The van der Waals surface area contributed by atoms with Crippen LogP contribution in [-0.4, -0.2) is 119 Å². The number of sulfone groups is 5. The number of hydrogen-bond acceptors (Lipinski definition) is 14. The molecule has 0 radical (unpaired) electrons. The van der Waals surface area contributed by atoms with Gasteiger partial charge in [0.15, 0.2) is 49.2 Å². The summed E-state index contributed by atoms with van der Waals surface area (Å²) in [5, 5.41) is -1.89. The molecule has 2 heterocycles. The zero-order chi connectivity index (χ0) is 94.0. The first-order valence-corrected chi connectivity index (χ1v) is 52.6. The van der Waals surface area contributed by atoms with Crippen LogP contribution in [0, 0.1) is 41.8 Å². The lowest BCUT2D eigenvalue weighted by atomic mass is 10.0. The molecule has 0 spiro atoms. The Hall–Kier alpha value is -8.95. The fraction of sp³-hybridized carbons (Fsp3) is 0.417. The van der Waals surface area contributed by atoms with Crippen LogP contribution >= 0.6 is 0 Å². The Kier molecular flexibility index (Phi) is 39.4. The third kappa shape index (κ3) is 33.8. The lowest BCUT2D eigenvalue weighted by Crippen LogP contribution is -2.45. The largest absolute Gasteiger partial charge is 0.372 e. The van der Waals surface area contributed by atoms with E-state index in [2.05, 4.69) is 60.9 Å². The number of anilines is 2. The van der Waals surface area contributed by atoms with Gasteiger partial charge in [0.25, 0.3) is 0 Å². The molecule has 2 aliphatic rings. The second kappa shape index (κ2) is 48.3. The minimum atomic E-state index is -3.17. The molecule has 0 unspecified atom stereocenters. The summed E-state index contributed by atoms with van der Waals surface area (Å²) in [7, 11) is -15.5. The number of aryl methyl sites for hydroxylation is 10.